The quantitative estimate of drug-likeness (QED) is 0.656. The summed E-state index contributed by atoms with van der Waals surface area (Å²) in [6.07, 6.45) is 8.55. The van der Waals surface area contributed by atoms with E-state index >= 15 is 0 Å². The van der Waals surface area contributed by atoms with E-state index in [2.05, 4.69) is 50.3 Å². The molecule has 0 aliphatic heterocycles. The molecular formula is C19H19NS. The molecule has 0 fully saturated rings. The average molecular weight is 293 g/mol. The number of benzene rings is 2. The third-order valence-corrected chi connectivity index (χ3v) is 5.06. The topological polar surface area (TPSA) is 26.0 Å². The van der Waals surface area contributed by atoms with E-state index in [1.807, 2.05) is 23.5 Å². The van der Waals surface area contributed by atoms with Gasteiger partial charge in [0.15, 0.2) is 0 Å². The molecule has 3 rings (SSSR count). The molecule has 3 aromatic rings. The zero-order valence-electron chi connectivity index (χ0n) is 12.4. The van der Waals surface area contributed by atoms with E-state index in [9.17, 15) is 0 Å². The van der Waals surface area contributed by atoms with Crippen molar-refractivity contribution >= 4 is 31.5 Å². The van der Waals surface area contributed by atoms with Crippen molar-refractivity contribution in [3.8, 4) is 0 Å². The molecule has 0 amide bonds. The van der Waals surface area contributed by atoms with Gasteiger partial charge in [0.05, 0.1) is 0 Å². The molecule has 1 heterocycles. The monoisotopic (exact) mass is 293 g/mol. The van der Waals surface area contributed by atoms with Crippen LogP contribution in [0, 0.1) is 13.8 Å². The zero-order valence-corrected chi connectivity index (χ0v) is 13.2. The van der Waals surface area contributed by atoms with Crippen LogP contribution in [0.15, 0.2) is 54.8 Å². The first-order valence-electron chi connectivity index (χ1n) is 7.15. The Bertz CT molecular complexity index is 853. The van der Waals surface area contributed by atoms with E-state index in [1.165, 1.54) is 36.9 Å². The molecule has 0 unspecified atom stereocenters. The number of aryl methyl sites for hydroxylation is 2. The molecule has 106 valence electrons. The van der Waals surface area contributed by atoms with Gasteiger partial charge in [-0.15, -0.1) is 11.3 Å². The Balaban J connectivity index is 2.18. The SMILES string of the molecule is Cc1ccc2sc3c(C/C=C\C=C/N)c(C)ccc3c2c1. The van der Waals surface area contributed by atoms with E-state index < -0.39 is 0 Å². The molecule has 0 bridgehead atoms. The van der Waals surface area contributed by atoms with Crippen molar-refractivity contribution in [2.75, 3.05) is 0 Å². The molecule has 0 radical (unpaired) electrons. The molecule has 0 saturated heterocycles. The summed E-state index contributed by atoms with van der Waals surface area (Å²) >= 11 is 1.90. The second-order valence-corrected chi connectivity index (χ2v) is 6.41. The maximum absolute atomic E-state index is 5.36. The summed E-state index contributed by atoms with van der Waals surface area (Å²) in [6, 6.07) is 11.2. The van der Waals surface area contributed by atoms with Crippen LogP contribution in [0.4, 0.5) is 0 Å². The minimum absolute atomic E-state index is 0.944. The molecule has 2 aromatic carbocycles. The third kappa shape index (κ3) is 2.59. The third-order valence-electron chi connectivity index (χ3n) is 3.81. The van der Waals surface area contributed by atoms with Crippen molar-refractivity contribution in [1.82, 2.24) is 0 Å². The van der Waals surface area contributed by atoms with Crippen LogP contribution in [-0.4, -0.2) is 0 Å². The molecule has 0 aliphatic rings. The van der Waals surface area contributed by atoms with Crippen LogP contribution in [0.25, 0.3) is 20.2 Å². The second-order valence-electron chi connectivity index (χ2n) is 5.36. The fraction of sp³-hybridized carbons (Fsp3) is 0.158. The number of hydrogen-bond acceptors (Lipinski definition) is 2. The van der Waals surface area contributed by atoms with E-state index in [0.717, 1.165) is 6.42 Å². The Labute approximate surface area is 129 Å². The predicted molar refractivity (Wildman–Crippen MR) is 95.0 cm³/mol. The van der Waals surface area contributed by atoms with E-state index in [-0.39, 0.29) is 0 Å². The lowest BCUT2D eigenvalue weighted by atomic mass is 10.0. The summed E-state index contributed by atoms with van der Waals surface area (Å²) in [6.45, 7) is 4.34. The van der Waals surface area contributed by atoms with Gasteiger partial charge in [-0.2, -0.15) is 0 Å². The summed E-state index contributed by atoms with van der Waals surface area (Å²) in [7, 11) is 0. The molecular weight excluding hydrogens is 274 g/mol. The lowest BCUT2D eigenvalue weighted by Gasteiger charge is -2.04. The molecule has 1 aromatic heterocycles. The lowest BCUT2D eigenvalue weighted by molar-refractivity contribution is 1.25. The highest BCUT2D eigenvalue weighted by Crippen LogP contribution is 2.37. The van der Waals surface area contributed by atoms with Gasteiger partial charge in [-0.3, -0.25) is 0 Å². The maximum atomic E-state index is 5.36. The Kier molecular flexibility index (Phi) is 3.80. The molecule has 0 saturated carbocycles. The highest BCUT2D eigenvalue weighted by molar-refractivity contribution is 7.26. The number of nitrogens with two attached hydrogens (primary N) is 1. The first-order valence-corrected chi connectivity index (χ1v) is 7.97. The van der Waals surface area contributed by atoms with Gasteiger partial charge in [0.1, 0.15) is 0 Å². The normalized spacial score (nSPS) is 12.3. The summed E-state index contributed by atoms with van der Waals surface area (Å²) in [5, 5.41) is 2.75. The highest BCUT2D eigenvalue weighted by Gasteiger charge is 2.10. The fourth-order valence-corrected chi connectivity index (χ4v) is 3.98. The van der Waals surface area contributed by atoms with Crippen molar-refractivity contribution in [3.05, 3.63) is 71.5 Å². The number of fused-ring (bicyclic) bond motifs is 3. The van der Waals surface area contributed by atoms with Gasteiger partial charge in [-0.1, -0.05) is 35.9 Å². The molecule has 0 atom stereocenters. The van der Waals surface area contributed by atoms with Crippen molar-refractivity contribution in [2.24, 2.45) is 5.73 Å². The Hall–Kier alpha value is -2.06. The molecule has 1 nitrogen and oxygen atoms in total. The number of allylic oxidation sites excluding steroid dienone is 3. The Morgan fingerprint density at radius 3 is 2.71 bits per heavy atom. The van der Waals surface area contributed by atoms with Crippen LogP contribution >= 0.6 is 11.3 Å². The van der Waals surface area contributed by atoms with Crippen molar-refractivity contribution < 1.29 is 0 Å². The van der Waals surface area contributed by atoms with Crippen molar-refractivity contribution in [2.45, 2.75) is 20.3 Å². The minimum Gasteiger partial charge on any atom is -0.405 e. The van der Waals surface area contributed by atoms with Crippen LogP contribution < -0.4 is 5.73 Å². The Morgan fingerprint density at radius 1 is 1.05 bits per heavy atom. The van der Waals surface area contributed by atoms with Crippen LogP contribution in [0.1, 0.15) is 16.7 Å². The highest BCUT2D eigenvalue weighted by atomic mass is 32.1. The standard InChI is InChI=1S/C19H19NS/c1-13-7-10-18-17(12-13)16-9-8-14(2)15(19(16)21-18)6-4-3-5-11-20/h3-5,7-12H,6,20H2,1-2H3/b4-3-,11-5-. The molecule has 0 aliphatic carbocycles. The number of rotatable bonds is 3. The minimum atomic E-state index is 0.944. The fourth-order valence-electron chi connectivity index (χ4n) is 2.69. The average Bonchev–Trinajstić information content (AvgIpc) is 2.83. The maximum Gasteiger partial charge on any atom is 0.0393 e. The van der Waals surface area contributed by atoms with Crippen molar-refractivity contribution in [1.29, 1.82) is 0 Å². The van der Waals surface area contributed by atoms with E-state index in [4.69, 9.17) is 5.73 Å². The van der Waals surface area contributed by atoms with E-state index in [1.54, 1.807) is 6.20 Å². The Morgan fingerprint density at radius 2 is 1.90 bits per heavy atom. The molecule has 21 heavy (non-hydrogen) atoms. The number of thiophene rings is 1. The summed E-state index contributed by atoms with van der Waals surface area (Å²) in [5.74, 6) is 0. The lowest BCUT2D eigenvalue weighted by Crippen LogP contribution is -1.87. The van der Waals surface area contributed by atoms with Gasteiger partial charge >= 0.3 is 0 Å². The summed E-state index contributed by atoms with van der Waals surface area (Å²) in [4.78, 5) is 0. The first kappa shape index (κ1) is 13.9. The van der Waals surface area contributed by atoms with Crippen LogP contribution in [0.2, 0.25) is 0 Å². The largest absolute Gasteiger partial charge is 0.405 e. The van der Waals surface area contributed by atoms with Gasteiger partial charge in [-0.25, -0.2) is 0 Å². The molecule has 2 N–H and O–H groups in total. The molecule has 2 heteroatoms. The van der Waals surface area contributed by atoms with Gasteiger partial charge in [-0.05, 0) is 55.8 Å². The van der Waals surface area contributed by atoms with Gasteiger partial charge in [0.25, 0.3) is 0 Å². The molecule has 0 spiro atoms. The van der Waals surface area contributed by atoms with Crippen LogP contribution in [0.3, 0.4) is 0 Å². The zero-order chi connectivity index (χ0) is 14.8. The smallest absolute Gasteiger partial charge is 0.0393 e. The van der Waals surface area contributed by atoms with Gasteiger partial charge in [0, 0.05) is 20.2 Å². The first-order chi connectivity index (χ1) is 10.2. The summed E-state index contributed by atoms with van der Waals surface area (Å²) in [5.41, 5.74) is 9.46. The van der Waals surface area contributed by atoms with Crippen LogP contribution in [0.5, 0.6) is 0 Å². The van der Waals surface area contributed by atoms with Gasteiger partial charge < -0.3 is 5.73 Å². The van der Waals surface area contributed by atoms with Crippen LogP contribution in [-0.2, 0) is 6.42 Å². The number of hydrogen-bond donors (Lipinski definition) is 1. The van der Waals surface area contributed by atoms with Gasteiger partial charge in [0.2, 0.25) is 0 Å². The second kappa shape index (κ2) is 5.74. The van der Waals surface area contributed by atoms with Crippen molar-refractivity contribution in [3.63, 3.8) is 0 Å². The van der Waals surface area contributed by atoms with E-state index in [0.29, 0.717) is 0 Å². The predicted octanol–water partition coefficient (Wildman–Crippen LogP) is 5.24. The summed E-state index contributed by atoms with van der Waals surface area (Å²) < 4.78 is 2.78.